The van der Waals surface area contributed by atoms with Crippen LogP contribution in [0.3, 0.4) is 0 Å². The van der Waals surface area contributed by atoms with Gasteiger partial charge >= 0.3 is 12.3 Å². The van der Waals surface area contributed by atoms with Crippen molar-refractivity contribution in [2.45, 2.75) is 32.1 Å². The number of aromatic nitrogens is 2. The highest BCUT2D eigenvalue weighted by Crippen LogP contribution is 2.35. The fourth-order valence-electron chi connectivity index (χ4n) is 3.88. The van der Waals surface area contributed by atoms with Crippen molar-refractivity contribution in [3.8, 4) is 0 Å². The summed E-state index contributed by atoms with van der Waals surface area (Å²) in [6.45, 7) is 3.55. The minimum atomic E-state index is -4.52. The highest BCUT2D eigenvalue weighted by molar-refractivity contribution is 7.92. The second-order valence-corrected chi connectivity index (χ2v) is 11.8. The molecule has 1 amide bonds. The SMILES string of the molecule is COC(=O)N[C@@H](C)CNc1nccc(/C(NC(C)c2ccc(C(F)(F)F)cc2)=C(/N)c2cc(F)cc(NS(C)(=O)=O)c2Cl)n1. The van der Waals surface area contributed by atoms with Gasteiger partial charge in [-0.25, -0.2) is 27.6 Å². The monoisotopic (exact) mass is 659 g/mol. The lowest BCUT2D eigenvalue weighted by Crippen LogP contribution is -2.37. The molecular formula is C27H30ClF4N7O4S. The third-order valence-corrected chi connectivity index (χ3v) is 7.02. The van der Waals surface area contributed by atoms with Crippen molar-refractivity contribution in [2.75, 3.05) is 29.9 Å². The molecule has 2 aromatic carbocycles. The molecule has 3 rings (SSSR count). The maximum Gasteiger partial charge on any atom is 0.416 e. The lowest BCUT2D eigenvalue weighted by Gasteiger charge is -2.22. The zero-order valence-corrected chi connectivity index (χ0v) is 25.5. The molecule has 44 heavy (non-hydrogen) atoms. The van der Waals surface area contributed by atoms with Gasteiger partial charge in [0.05, 0.1) is 46.7 Å². The number of hydrogen-bond donors (Lipinski definition) is 5. The lowest BCUT2D eigenvalue weighted by atomic mass is 10.0. The topological polar surface area (TPSA) is 160 Å². The van der Waals surface area contributed by atoms with Crippen molar-refractivity contribution in [2.24, 2.45) is 5.73 Å². The van der Waals surface area contributed by atoms with E-state index in [9.17, 15) is 30.8 Å². The molecule has 1 unspecified atom stereocenters. The van der Waals surface area contributed by atoms with Crippen LogP contribution in [0.25, 0.3) is 11.4 Å². The van der Waals surface area contributed by atoms with Crippen molar-refractivity contribution in [3.63, 3.8) is 0 Å². The van der Waals surface area contributed by atoms with Gasteiger partial charge in [0.2, 0.25) is 16.0 Å². The molecule has 0 saturated heterocycles. The summed E-state index contributed by atoms with van der Waals surface area (Å²) < 4.78 is 84.4. The van der Waals surface area contributed by atoms with Crippen LogP contribution in [-0.2, 0) is 20.9 Å². The van der Waals surface area contributed by atoms with Crippen molar-refractivity contribution in [1.82, 2.24) is 20.6 Å². The van der Waals surface area contributed by atoms with Crippen LogP contribution in [0, 0.1) is 5.82 Å². The predicted octanol–water partition coefficient (Wildman–Crippen LogP) is 4.95. The maximum atomic E-state index is 14.7. The third kappa shape index (κ3) is 9.34. The van der Waals surface area contributed by atoms with Gasteiger partial charge in [0, 0.05) is 30.4 Å². The molecule has 0 aliphatic rings. The van der Waals surface area contributed by atoms with Crippen LogP contribution >= 0.6 is 11.6 Å². The average Bonchev–Trinajstić information content (AvgIpc) is 2.95. The van der Waals surface area contributed by atoms with Gasteiger partial charge in [-0.05, 0) is 49.7 Å². The van der Waals surface area contributed by atoms with Gasteiger partial charge in [0.15, 0.2) is 0 Å². The molecule has 11 nitrogen and oxygen atoms in total. The molecule has 17 heteroatoms. The largest absolute Gasteiger partial charge is 0.453 e. The number of ether oxygens (including phenoxy) is 1. The van der Waals surface area contributed by atoms with Crippen LogP contribution < -0.4 is 26.4 Å². The van der Waals surface area contributed by atoms with Crippen LogP contribution in [0.1, 0.15) is 42.3 Å². The number of nitrogens with two attached hydrogens (primary N) is 1. The second-order valence-electron chi connectivity index (χ2n) is 9.65. The van der Waals surface area contributed by atoms with E-state index >= 15 is 0 Å². The van der Waals surface area contributed by atoms with Crippen molar-refractivity contribution >= 4 is 50.7 Å². The molecule has 0 aliphatic carbocycles. The number of sulfonamides is 1. The summed E-state index contributed by atoms with van der Waals surface area (Å²) in [6, 6.07) is 6.75. The van der Waals surface area contributed by atoms with Crippen molar-refractivity contribution in [1.29, 1.82) is 0 Å². The number of halogens is 5. The van der Waals surface area contributed by atoms with E-state index in [0.717, 1.165) is 30.5 Å². The first kappa shape index (κ1) is 34.2. The maximum absolute atomic E-state index is 14.7. The number of rotatable bonds is 11. The fraction of sp³-hybridized carbons (Fsp3) is 0.296. The molecule has 1 aromatic heterocycles. The quantitative estimate of drug-likeness (QED) is 0.179. The Balaban J connectivity index is 2.08. The Morgan fingerprint density at radius 2 is 1.77 bits per heavy atom. The summed E-state index contributed by atoms with van der Waals surface area (Å²) in [5.41, 5.74) is 5.88. The van der Waals surface area contributed by atoms with Gasteiger partial charge in [-0.2, -0.15) is 13.2 Å². The number of hydrogen-bond acceptors (Lipinski definition) is 9. The number of alkyl carbamates (subject to hydrolysis) is 1. The Morgan fingerprint density at radius 1 is 1.11 bits per heavy atom. The van der Waals surface area contributed by atoms with Crippen molar-refractivity contribution < 1.29 is 35.5 Å². The molecular weight excluding hydrogens is 630 g/mol. The number of amides is 1. The number of nitrogens with one attached hydrogen (secondary N) is 4. The zero-order valence-electron chi connectivity index (χ0n) is 23.9. The van der Waals surface area contributed by atoms with E-state index in [2.05, 4.69) is 35.4 Å². The first-order valence-corrected chi connectivity index (χ1v) is 15.1. The van der Waals surface area contributed by atoms with E-state index in [-0.39, 0.29) is 51.9 Å². The summed E-state index contributed by atoms with van der Waals surface area (Å²) in [6.07, 6.45) is -2.90. The standard InChI is InChI=1S/C27H30ClF4N7O4S/c1-14(36-26(40)43-3)13-35-25-34-10-9-20(38-25)24(37-15(2)16-5-7-17(8-6-16)27(30,31)32)23(33)19-11-18(29)12-21(22(19)28)39-44(4,41)42/h5-12,14-15,37,39H,13,33H2,1-4H3,(H,36,40)(H,34,35,38)/b24-23-/t14-,15?/m0/s1. The first-order valence-electron chi connectivity index (χ1n) is 12.8. The van der Waals surface area contributed by atoms with Gasteiger partial charge in [0.25, 0.3) is 0 Å². The Hall–Kier alpha value is -4.31. The summed E-state index contributed by atoms with van der Waals surface area (Å²) in [5, 5.41) is 8.42. The molecule has 238 valence electrons. The number of carbonyl (C=O) groups excluding carboxylic acids is 1. The predicted molar refractivity (Wildman–Crippen MR) is 159 cm³/mol. The number of methoxy groups -OCH3 is 1. The summed E-state index contributed by atoms with van der Waals surface area (Å²) >= 11 is 6.46. The smallest absolute Gasteiger partial charge is 0.416 e. The van der Waals surface area contributed by atoms with E-state index < -0.39 is 39.7 Å². The minimum Gasteiger partial charge on any atom is -0.453 e. The zero-order chi connectivity index (χ0) is 32.8. The molecule has 0 radical (unpaired) electrons. The van der Waals surface area contributed by atoms with E-state index in [4.69, 9.17) is 17.3 Å². The Labute approximate surface area is 256 Å². The molecule has 2 atom stereocenters. The first-order chi connectivity index (χ1) is 20.5. The van der Waals surface area contributed by atoms with Crippen LogP contribution in [0.2, 0.25) is 5.02 Å². The van der Waals surface area contributed by atoms with Crippen LogP contribution in [0.5, 0.6) is 0 Å². The van der Waals surface area contributed by atoms with Gasteiger partial charge < -0.3 is 26.4 Å². The Bertz CT molecular complexity index is 1640. The summed E-state index contributed by atoms with van der Waals surface area (Å²) in [4.78, 5) is 20.1. The van der Waals surface area contributed by atoms with E-state index in [1.807, 2.05) is 0 Å². The van der Waals surface area contributed by atoms with Gasteiger partial charge in [-0.1, -0.05) is 23.7 Å². The number of carbonyl (C=O) groups is 1. The Kier molecular flexibility index (Phi) is 10.9. The molecule has 0 saturated carbocycles. The molecule has 6 N–H and O–H groups in total. The van der Waals surface area contributed by atoms with E-state index in [1.165, 1.54) is 31.5 Å². The van der Waals surface area contributed by atoms with Crippen molar-refractivity contribution in [3.05, 3.63) is 81.9 Å². The lowest BCUT2D eigenvalue weighted by molar-refractivity contribution is -0.137. The van der Waals surface area contributed by atoms with Gasteiger partial charge in [-0.15, -0.1) is 0 Å². The fourth-order valence-corrected chi connectivity index (χ4v) is 4.76. The van der Waals surface area contributed by atoms with Gasteiger partial charge in [-0.3, -0.25) is 4.72 Å². The average molecular weight is 660 g/mol. The normalized spacial score (nSPS) is 13.8. The second kappa shape index (κ2) is 14.0. The number of nitrogens with zero attached hydrogens (tertiary/aromatic N) is 2. The summed E-state index contributed by atoms with van der Waals surface area (Å²) in [7, 11) is -2.62. The molecule has 1 heterocycles. The van der Waals surface area contributed by atoms with E-state index in [1.54, 1.807) is 13.8 Å². The third-order valence-electron chi connectivity index (χ3n) is 6.02. The molecule has 0 bridgehead atoms. The highest BCUT2D eigenvalue weighted by Gasteiger charge is 2.30. The number of anilines is 2. The molecule has 3 aromatic rings. The summed E-state index contributed by atoms with van der Waals surface area (Å²) in [5.74, 6) is -0.745. The van der Waals surface area contributed by atoms with Crippen LogP contribution in [0.15, 0.2) is 48.7 Å². The number of alkyl halides is 3. The Morgan fingerprint density at radius 3 is 2.36 bits per heavy atom. The molecule has 0 fully saturated rings. The molecule has 0 spiro atoms. The number of benzene rings is 2. The van der Waals surface area contributed by atoms with E-state index in [0.29, 0.717) is 5.56 Å². The van der Waals surface area contributed by atoms with Crippen LogP contribution in [-0.4, -0.2) is 50.4 Å². The van der Waals surface area contributed by atoms with Gasteiger partial charge in [0.1, 0.15) is 5.82 Å². The molecule has 0 aliphatic heterocycles. The van der Waals surface area contributed by atoms with Crippen LogP contribution in [0.4, 0.5) is 34.0 Å². The highest BCUT2D eigenvalue weighted by atomic mass is 35.5. The minimum absolute atomic E-state index is 0.0846.